The second kappa shape index (κ2) is 8.46. The Kier molecular flexibility index (Phi) is 5.65. The van der Waals surface area contributed by atoms with Crippen LogP contribution in [0.5, 0.6) is 0 Å². The van der Waals surface area contributed by atoms with Gasteiger partial charge >= 0.3 is 0 Å². The molecule has 0 saturated carbocycles. The summed E-state index contributed by atoms with van der Waals surface area (Å²) in [6.45, 7) is 2.53. The Morgan fingerprint density at radius 1 is 1.00 bits per heavy atom. The molecule has 0 aliphatic carbocycles. The van der Waals surface area contributed by atoms with E-state index in [9.17, 15) is 13.2 Å². The molecule has 0 spiro atoms. The van der Waals surface area contributed by atoms with E-state index in [1.54, 1.807) is 0 Å². The van der Waals surface area contributed by atoms with Crippen LogP contribution < -0.4 is 0 Å². The molecule has 0 radical (unpaired) electrons. The Balaban J connectivity index is 1.42. The zero-order valence-electron chi connectivity index (χ0n) is 17.6. The molecule has 3 heterocycles. The lowest BCUT2D eigenvalue weighted by Gasteiger charge is -2.37. The van der Waals surface area contributed by atoms with E-state index < -0.39 is 9.84 Å². The highest BCUT2D eigenvalue weighted by molar-refractivity contribution is 7.91. The van der Waals surface area contributed by atoms with Crippen LogP contribution in [-0.2, 0) is 9.84 Å². The van der Waals surface area contributed by atoms with Crippen LogP contribution in [0.15, 0.2) is 54.6 Å². The van der Waals surface area contributed by atoms with Crippen molar-refractivity contribution in [2.75, 3.05) is 37.7 Å². The highest BCUT2D eigenvalue weighted by Gasteiger charge is 2.34. The van der Waals surface area contributed by atoms with Gasteiger partial charge in [-0.25, -0.2) is 13.4 Å². The lowest BCUT2D eigenvalue weighted by Crippen LogP contribution is -2.52. The summed E-state index contributed by atoms with van der Waals surface area (Å²) in [5.74, 6) is 0.470. The fourth-order valence-electron chi connectivity index (χ4n) is 4.68. The average molecular weight is 470 g/mol. The number of fused-ring (bicyclic) bond motifs is 1. The second-order valence-corrected chi connectivity index (χ2v) is 11.1. The molecule has 2 aliphatic heterocycles. The third-order valence-corrected chi connectivity index (χ3v) is 8.50. The van der Waals surface area contributed by atoms with Gasteiger partial charge in [0.2, 0.25) is 0 Å². The van der Waals surface area contributed by atoms with Crippen LogP contribution in [0.25, 0.3) is 22.2 Å². The maximum atomic E-state index is 13.6. The third kappa shape index (κ3) is 4.12. The van der Waals surface area contributed by atoms with Crippen molar-refractivity contribution in [1.29, 1.82) is 0 Å². The molecule has 8 heteroatoms. The van der Waals surface area contributed by atoms with Gasteiger partial charge in [-0.15, -0.1) is 0 Å². The molecular weight excluding hydrogens is 446 g/mol. The number of carbonyl (C=O) groups is 1. The predicted octanol–water partition coefficient (Wildman–Crippen LogP) is 3.50. The topological polar surface area (TPSA) is 70.6 Å². The van der Waals surface area contributed by atoms with E-state index in [4.69, 9.17) is 16.6 Å². The van der Waals surface area contributed by atoms with Crippen molar-refractivity contribution in [2.24, 2.45) is 0 Å². The van der Waals surface area contributed by atoms with Crippen molar-refractivity contribution in [2.45, 2.75) is 12.5 Å². The van der Waals surface area contributed by atoms with Gasteiger partial charge in [0, 0.05) is 48.2 Å². The van der Waals surface area contributed by atoms with Gasteiger partial charge in [0.15, 0.2) is 9.84 Å². The minimum atomic E-state index is -2.92. The van der Waals surface area contributed by atoms with Crippen molar-refractivity contribution < 1.29 is 13.2 Å². The lowest BCUT2D eigenvalue weighted by atomic mass is 10.0. The van der Waals surface area contributed by atoms with Gasteiger partial charge in [0.25, 0.3) is 5.91 Å². The van der Waals surface area contributed by atoms with Gasteiger partial charge in [-0.3, -0.25) is 9.69 Å². The number of benzene rings is 2. The number of amides is 1. The maximum Gasteiger partial charge on any atom is 0.254 e. The van der Waals surface area contributed by atoms with Crippen molar-refractivity contribution in [1.82, 2.24) is 14.8 Å². The van der Waals surface area contributed by atoms with Gasteiger partial charge in [0.05, 0.1) is 28.3 Å². The number of hydrogen-bond acceptors (Lipinski definition) is 5. The van der Waals surface area contributed by atoms with Gasteiger partial charge in [0.1, 0.15) is 0 Å². The van der Waals surface area contributed by atoms with E-state index in [1.807, 2.05) is 59.5 Å². The molecule has 32 heavy (non-hydrogen) atoms. The Hall–Kier alpha value is -2.48. The first-order chi connectivity index (χ1) is 15.4. The number of nitrogens with zero attached hydrogens (tertiary/aromatic N) is 3. The van der Waals surface area contributed by atoms with Crippen LogP contribution in [0.4, 0.5) is 0 Å². The first-order valence-electron chi connectivity index (χ1n) is 10.8. The molecule has 1 atom stereocenters. The largest absolute Gasteiger partial charge is 0.336 e. The molecule has 0 bridgehead atoms. The number of sulfone groups is 1. The Morgan fingerprint density at radius 3 is 2.44 bits per heavy atom. The summed E-state index contributed by atoms with van der Waals surface area (Å²) in [5.41, 5.74) is 2.83. The molecule has 2 aliphatic rings. The van der Waals surface area contributed by atoms with Crippen LogP contribution in [0.1, 0.15) is 16.8 Å². The molecule has 1 amide bonds. The van der Waals surface area contributed by atoms with Gasteiger partial charge < -0.3 is 4.90 Å². The monoisotopic (exact) mass is 469 g/mol. The number of hydrogen-bond donors (Lipinski definition) is 0. The Bertz CT molecular complexity index is 1290. The lowest BCUT2D eigenvalue weighted by molar-refractivity contribution is 0.0589. The molecule has 2 saturated heterocycles. The Morgan fingerprint density at radius 2 is 1.72 bits per heavy atom. The standard InChI is InChI=1S/C24H24ClN3O3S/c25-21-7-3-1-6-19(21)23-15-20(18-5-2-4-8-22(18)26-23)24(29)28-12-10-27(11-13-28)17-9-14-32(30,31)16-17/h1-8,15,17H,9-14,16H2/t17-/m1/s1. The quantitative estimate of drug-likeness (QED) is 0.587. The maximum absolute atomic E-state index is 13.6. The molecule has 5 rings (SSSR count). The number of halogens is 1. The third-order valence-electron chi connectivity index (χ3n) is 6.42. The molecule has 166 valence electrons. The first-order valence-corrected chi connectivity index (χ1v) is 13.0. The van der Waals surface area contributed by atoms with Crippen LogP contribution in [-0.4, -0.2) is 72.8 Å². The highest BCUT2D eigenvalue weighted by atomic mass is 35.5. The molecular formula is C24H24ClN3O3S. The Labute approximate surface area is 192 Å². The van der Waals surface area contributed by atoms with Crippen molar-refractivity contribution in [3.63, 3.8) is 0 Å². The van der Waals surface area contributed by atoms with E-state index in [2.05, 4.69) is 4.90 Å². The van der Waals surface area contributed by atoms with Crippen LogP contribution in [0, 0.1) is 0 Å². The smallest absolute Gasteiger partial charge is 0.254 e. The molecule has 0 N–H and O–H groups in total. The van der Waals surface area contributed by atoms with E-state index in [1.165, 1.54) is 0 Å². The van der Waals surface area contributed by atoms with E-state index in [-0.39, 0.29) is 23.5 Å². The number of rotatable bonds is 3. The highest BCUT2D eigenvalue weighted by Crippen LogP contribution is 2.30. The van der Waals surface area contributed by atoms with Gasteiger partial charge in [-0.05, 0) is 24.6 Å². The molecule has 2 fully saturated rings. The molecule has 2 aromatic carbocycles. The van der Waals surface area contributed by atoms with Crippen LogP contribution in [0.3, 0.4) is 0 Å². The summed E-state index contributed by atoms with van der Waals surface area (Å²) in [5, 5.41) is 1.41. The fraction of sp³-hybridized carbons (Fsp3) is 0.333. The summed E-state index contributed by atoms with van der Waals surface area (Å²) in [6.07, 6.45) is 0.687. The summed E-state index contributed by atoms with van der Waals surface area (Å²) in [4.78, 5) is 22.4. The summed E-state index contributed by atoms with van der Waals surface area (Å²) >= 11 is 6.41. The van der Waals surface area contributed by atoms with Crippen LogP contribution >= 0.6 is 11.6 Å². The van der Waals surface area contributed by atoms with Gasteiger partial charge in [-0.2, -0.15) is 0 Å². The number of aromatic nitrogens is 1. The SMILES string of the molecule is O=C(c1cc(-c2ccccc2Cl)nc2ccccc12)N1CCN([C@@H]2CCS(=O)(=O)C2)CC1. The molecule has 0 unspecified atom stereocenters. The van der Waals surface area contributed by atoms with E-state index >= 15 is 0 Å². The molecule has 1 aromatic heterocycles. The van der Waals surface area contributed by atoms with Crippen molar-refractivity contribution >= 4 is 38.2 Å². The summed E-state index contributed by atoms with van der Waals surface area (Å²) < 4.78 is 23.7. The second-order valence-electron chi connectivity index (χ2n) is 8.44. The zero-order chi connectivity index (χ0) is 22.3. The minimum absolute atomic E-state index is 0.0319. The number of piperazine rings is 1. The number of para-hydroxylation sites is 1. The summed E-state index contributed by atoms with van der Waals surface area (Å²) in [6, 6.07) is 17.1. The van der Waals surface area contributed by atoms with Crippen molar-refractivity contribution in [3.8, 4) is 11.3 Å². The number of pyridine rings is 1. The normalized spacial score (nSPS) is 21.2. The first kappa shape index (κ1) is 21.4. The van der Waals surface area contributed by atoms with E-state index in [0.29, 0.717) is 48.9 Å². The molecule has 6 nitrogen and oxygen atoms in total. The van der Waals surface area contributed by atoms with Crippen LogP contribution in [0.2, 0.25) is 5.02 Å². The average Bonchev–Trinajstić information content (AvgIpc) is 3.18. The van der Waals surface area contributed by atoms with Crippen molar-refractivity contribution in [3.05, 3.63) is 65.2 Å². The zero-order valence-corrected chi connectivity index (χ0v) is 19.1. The summed E-state index contributed by atoms with van der Waals surface area (Å²) in [7, 11) is -2.92. The number of carbonyl (C=O) groups excluding carboxylic acids is 1. The molecule has 3 aromatic rings. The van der Waals surface area contributed by atoms with E-state index in [0.717, 1.165) is 16.5 Å². The van der Waals surface area contributed by atoms with Gasteiger partial charge in [-0.1, -0.05) is 48.0 Å². The predicted molar refractivity (Wildman–Crippen MR) is 127 cm³/mol. The minimum Gasteiger partial charge on any atom is -0.336 e. The fourth-order valence-corrected chi connectivity index (χ4v) is 6.68.